The van der Waals surface area contributed by atoms with E-state index < -0.39 is 0 Å². The van der Waals surface area contributed by atoms with Gasteiger partial charge in [-0.25, -0.2) is 0 Å². The molecule has 0 spiro atoms. The molecule has 0 bridgehead atoms. The van der Waals surface area contributed by atoms with Gasteiger partial charge in [0.25, 0.3) is 0 Å². The van der Waals surface area contributed by atoms with E-state index in [1.807, 2.05) is 25.2 Å². The van der Waals surface area contributed by atoms with Crippen molar-refractivity contribution in [2.24, 2.45) is 10.9 Å². The minimum absolute atomic E-state index is 0. The highest BCUT2D eigenvalue weighted by Crippen LogP contribution is 2.19. The van der Waals surface area contributed by atoms with E-state index in [1.165, 1.54) is 31.5 Å². The second-order valence-corrected chi connectivity index (χ2v) is 6.50. The van der Waals surface area contributed by atoms with Gasteiger partial charge in [-0.3, -0.25) is 4.99 Å². The van der Waals surface area contributed by atoms with Crippen LogP contribution in [0, 0.1) is 5.92 Å². The van der Waals surface area contributed by atoms with Crippen molar-refractivity contribution in [1.29, 1.82) is 0 Å². The molecular formula is C19H33IN4O. The number of para-hydroxylation sites is 1. The summed E-state index contributed by atoms with van der Waals surface area (Å²) < 4.78 is 5.45. The number of aliphatic imine (C=N–C) groups is 1. The number of methoxy groups -OCH3 is 1. The Balaban J connectivity index is 0.00000312. The Morgan fingerprint density at radius 1 is 1.40 bits per heavy atom. The summed E-state index contributed by atoms with van der Waals surface area (Å²) in [5, 5.41) is 3.55. The number of nitrogens with zero attached hydrogens (tertiary/aromatic N) is 3. The number of rotatable bonds is 6. The van der Waals surface area contributed by atoms with Crippen LogP contribution in [-0.2, 0) is 6.54 Å². The molecule has 0 amide bonds. The van der Waals surface area contributed by atoms with Crippen LogP contribution >= 0.6 is 24.0 Å². The Labute approximate surface area is 169 Å². The normalized spacial score (nSPS) is 18.4. The van der Waals surface area contributed by atoms with Crippen LogP contribution in [0.3, 0.4) is 0 Å². The van der Waals surface area contributed by atoms with Crippen LogP contribution in [-0.4, -0.2) is 63.1 Å². The van der Waals surface area contributed by atoms with Crippen LogP contribution in [0.5, 0.6) is 5.75 Å². The third kappa shape index (κ3) is 6.66. The first-order valence-electron chi connectivity index (χ1n) is 8.94. The fourth-order valence-electron chi connectivity index (χ4n) is 3.39. The molecule has 1 aliphatic rings. The van der Waals surface area contributed by atoms with Crippen molar-refractivity contribution in [2.75, 3.05) is 47.4 Å². The van der Waals surface area contributed by atoms with Gasteiger partial charge in [0.2, 0.25) is 0 Å². The molecule has 1 N–H and O–H groups in total. The molecule has 1 heterocycles. The summed E-state index contributed by atoms with van der Waals surface area (Å²) in [5.74, 6) is 2.57. The standard InChI is InChI=1S/C19H32N4O.HI/c1-5-23-12-8-9-16(14-23)13-21-19(20-2)22(3)15-17-10-6-7-11-18(17)24-4;/h6-7,10-11,16H,5,8-9,12-15H2,1-4H3,(H,20,21);1H. The van der Waals surface area contributed by atoms with Crippen molar-refractivity contribution in [2.45, 2.75) is 26.3 Å². The minimum Gasteiger partial charge on any atom is -0.496 e. The summed E-state index contributed by atoms with van der Waals surface area (Å²) in [6, 6.07) is 8.14. The number of hydrogen-bond acceptors (Lipinski definition) is 3. The lowest BCUT2D eigenvalue weighted by molar-refractivity contribution is 0.183. The van der Waals surface area contributed by atoms with Gasteiger partial charge in [0.05, 0.1) is 7.11 Å². The van der Waals surface area contributed by atoms with E-state index in [1.54, 1.807) is 7.11 Å². The SMILES string of the molecule is CCN1CCCC(CNC(=NC)N(C)Cc2ccccc2OC)C1.I. The molecule has 0 radical (unpaired) electrons. The largest absolute Gasteiger partial charge is 0.496 e. The van der Waals surface area contributed by atoms with E-state index in [0.717, 1.165) is 31.3 Å². The van der Waals surface area contributed by atoms with Gasteiger partial charge in [-0.15, -0.1) is 24.0 Å². The quantitative estimate of drug-likeness (QED) is 0.403. The van der Waals surface area contributed by atoms with E-state index in [-0.39, 0.29) is 24.0 Å². The smallest absolute Gasteiger partial charge is 0.193 e. The van der Waals surface area contributed by atoms with Crippen molar-refractivity contribution in [3.63, 3.8) is 0 Å². The number of hydrogen-bond donors (Lipinski definition) is 1. The predicted octanol–water partition coefficient (Wildman–Crippen LogP) is 3.05. The molecule has 2 rings (SSSR count). The number of halogens is 1. The lowest BCUT2D eigenvalue weighted by Crippen LogP contribution is -2.44. The lowest BCUT2D eigenvalue weighted by Gasteiger charge is -2.33. The summed E-state index contributed by atoms with van der Waals surface area (Å²) in [6.45, 7) is 7.59. The van der Waals surface area contributed by atoms with E-state index in [2.05, 4.69) is 40.1 Å². The molecule has 0 saturated carbocycles. The van der Waals surface area contributed by atoms with Crippen LogP contribution < -0.4 is 10.1 Å². The molecule has 1 aromatic carbocycles. The summed E-state index contributed by atoms with van der Waals surface area (Å²) in [5.41, 5.74) is 1.17. The Hall–Kier alpha value is -1.02. The van der Waals surface area contributed by atoms with E-state index in [0.29, 0.717) is 5.92 Å². The molecule has 1 fully saturated rings. The van der Waals surface area contributed by atoms with Crippen LogP contribution in [0.15, 0.2) is 29.3 Å². The van der Waals surface area contributed by atoms with Crippen molar-refractivity contribution in [1.82, 2.24) is 15.1 Å². The van der Waals surface area contributed by atoms with E-state index >= 15 is 0 Å². The second kappa shape index (κ2) is 11.6. The fraction of sp³-hybridized carbons (Fsp3) is 0.632. The number of guanidine groups is 1. The third-order valence-electron chi connectivity index (χ3n) is 4.77. The molecule has 142 valence electrons. The molecule has 0 aliphatic carbocycles. The van der Waals surface area contributed by atoms with Crippen molar-refractivity contribution in [3.05, 3.63) is 29.8 Å². The van der Waals surface area contributed by atoms with Crippen LogP contribution in [0.1, 0.15) is 25.3 Å². The average molecular weight is 460 g/mol. The maximum Gasteiger partial charge on any atom is 0.193 e. The Kier molecular flexibility index (Phi) is 10.2. The highest BCUT2D eigenvalue weighted by molar-refractivity contribution is 14.0. The summed E-state index contributed by atoms with van der Waals surface area (Å²) in [6.07, 6.45) is 2.60. The number of nitrogens with one attached hydrogen (secondary N) is 1. The third-order valence-corrected chi connectivity index (χ3v) is 4.77. The van der Waals surface area contributed by atoms with Gasteiger partial charge >= 0.3 is 0 Å². The van der Waals surface area contributed by atoms with Crippen LogP contribution in [0.4, 0.5) is 0 Å². The van der Waals surface area contributed by atoms with E-state index in [4.69, 9.17) is 4.74 Å². The lowest BCUT2D eigenvalue weighted by atomic mass is 9.98. The Morgan fingerprint density at radius 3 is 2.84 bits per heavy atom. The maximum atomic E-state index is 5.45. The first-order valence-corrected chi connectivity index (χ1v) is 8.94. The zero-order chi connectivity index (χ0) is 17.4. The van der Waals surface area contributed by atoms with Crippen LogP contribution in [0.25, 0.3) is 0 Å². The number of ether oxygens (including phenoxy) is 1. The zero-order valence-electron chi connectivity index (χ0n) is 16.0. The highest BCUT2D eigenvalue weighted by Gasteiger charge is 2.19. The van der Waals surface area contributed by atoms with Gasteiger partial charge in [-0.2, -0.15) is 0 Å². The zero-order valence-corrected chi connectivity index (χ0v) is 18.3. The first kappa shape index (κ1) is 22.0. The topological polar surface area (TPSA) is 40.1 Å². The molecule has 1 aliphatic heterocycles. The van der Waals surface area contributed by atoms with Gasteiger partial charge in [-0.05, 0) is 37.9 Å². The molecule has 1 saturated heterocycles. The molecule has 6 heteroatoms. The maximum absolute atomic E-state index is 5.45. The van der Waals surface area contributed by atoms with Crippen LogP contribution in [0.2, 0.25) is 0 Å². The van der Waals surface area contributed by atoms with Gasteiger partial charge < -0.3 is 19.9 Å². The molecule has 1 unspecified atom stereocenters. The minimum atomic E-state index is 0. The molecule has 1 aromatic rings. The summed E-state index contributed by atoms with van der Waals surface area (Å²) in [7, 11) is 5.63. The number of likely N-dealkylation sites (tertiary alicyclic amines) is 1. The summed E-state index contributed by atoms with van der Waals surface area (Å²) >= 11 is 0. The Morgan fingerprint density at radius 2 is 2.16 bits per heavy atom. The molecule has 1 atom stereocenters. The number of piperidine rings is 1. The fourth-order valence-corrected chi connectivity index (χ4v) is 3.39. The van der Waals surface area contributed by atoms with Crippen molar-refractivity contribution in [3.8, 4) is 5.75 Å². The van der Waals surface area contributed by atoms with Gasteiger partial charge in [0, 0.05) is 39.3 Å². The van der Waals surface area contributed by atoms with Gasteiger partial charge in [0.1, 0.15) is 5.75 Å². The molecular weight excluding hydrogens is 427 g/mol. The second-order valence-electron chi connectivity index (χ2n) is 6.50. The predicted molar refractivity (Wildman–Crippen MR) is 116 cm³/mol. The monoisotopic (exact) mass is 460 g/mol. The van der Waals surface area contributed by atoms with Crippen molar-refractivity contribution < 1.29 is 4.74 Å². The summed E-state index contributed by atoms with van der Waals surface area (Å²) in [4.78, 5) is 9.13. The Bertz CT molecular complexity index is 538. The molecule has 5 nitrogen and oxygen atoms in total. The number of benzene rings is 1. The average Bonchev–Trinajstić information content (AvgIpc) is 2.63. The molecule has 25 heavy (non-hydrogen) atoms. The van der Waals surface area contributed by atoms with E-state index in [9.17, 15) is 0 Å². The molecule has 0 aromatic heterocycles. The van der Waals surface area contributed by atoms with Gasteiger partial charge in [-0.1, -0.05) is 25.1 Å². The first-order chi connectivity index (χ1) is 11.7. The van der Waals surface area contributed by atoms with Crippen molar-refractivity contribution >= 4 is 29.9 Å². The highest BCUT2D eigenvalue weighted by atomic mass is 127. The van der Waals surface area contributed by atoms with Gasteiger partial charge in [0.15, 0.2) is 5.96 Å².